The van der Waals surface area contributed by atoms with E-state index in [1.807, 2.05) is 0 Å². The van der Waals surface area contributed by atoms with Crippen LogP contribution in [0.25, 0.3) is 0 Å². The lowest BCUT2D eigenvalue weighted by Gasteiger charge is -2.33. The number of carbonyl (C=O) groups is 3. The van der Waals surface area contributed by atoms with Crippen LogP contribution in [0.5, 0.6) is 0 Å². The molecule has 3 aromatic carbocycles. The molecule has 1 saturated heterocycles. The van der Waals surface area contributed by atoms with Gasteiger partial charge in [0.1, 0.15) is 31.2 Å². The van der Waals surface area contributed by atoms with Gasteiger partial charge in [0, 0.05) is 22.4 Å². The fourth-order valence-corrected chi connectivity index (χ4v) is 6.66. The molecule has 8 nitrogen and oxygen atoms in total. The first-order valence-electron chi connectivity index (χ1n) is 14.5. The van der Waals surface area contributed by atoms with Gasteiger partial charge in [0.15, 0.2) is 5.79 Å². The average Bonchev–Trinajstić information content (AvgIpc) is 3.39. The fourth-order valence-electron chi connectivity index (χ4n) is 5.09. The van der Waals surface area contributed by atoms with Crippen molar-refractivity contribution in [3.05, 3.63) is 118 Å². The van der Waals surface area contributed by atoms with Crippen LogP contribution in [0.3, 0.4) is 0 Å². The van der Waals surface area contributed by atoms with Crippen molar-refractivity contribution < 1.29 is 42.5 Å². The molecule has 0 aromatic heterocycles. The monoisotopic (exact) mass is 654 g/mol. The maximum absolute atomic E-state index is 13.6. The summed E-state index contributed by atoms with van der Waals surface area (Å²) < 4.78 is 42.8. The van der Waals surface area contributed by atoms with E-state index in [2.05, 4.69) is 0 Å². The summed E-state index contributed by atoms with van der Waals surface area (Å²) in [6.07, 6.45) is 0.841. The number of halogens is 2. The van der Waals surface area contributed by atoms with E-state index in [9.17, 15) is 18.8 Å². The van der Waals surface area contributed by atoms with Gasteiger partial charge in [-0.25, -0.2) is 18.8 Å². The van der Waals surface area contributed by atoms with E-state index in [-0.39, 0.29) is 25.1 Å². The Kier molecular flexibility index (Phi) is 10.9. The van der Waals surface area contributed by atoms with Gasteiger partial charge in [-0.2, -0.15) is 0 Å². The van der Waals surface area contributed by atoms with Crippen molar-refractivity contribution in [2.24, 2.45) is 0 Å². The van der Waals surface area contributed by atoms with E-state index in [4.69, 9.17) is 35.3 Å². The highest BCUT2D eigenvalue weighted by Gasteiger charge is 2.50. The Labute approximate surface area is 269 Å². The summed E-state index contributed by atoms with van der Waals surface area (Å²) in [5.41, 5.74) is 1.84. The minimum Gasteiger partial charge on any atom is -0.463 e. The molecule has 45 heavy (non-hydrogen) atoms. The highest BCUT2D eigenvalue weighted by molar-refractivity contribution is 7.99. The van der Waals surface area contributed by atoms with Crippen molar-refractivity contribution in [2.45, 2.75) is 48.8 Å². The number of carbonyl (C=O) groups excluding carboxylic acids is 3. The Bertz CT molecular complexity index is 1470. The predicted octanol–water partition coefficient (Wildman–Crippen LogP) is 6.56. The van der Waals surface area contributed by atoms with Crippen LogP contribution in [0.2, 0.25) is 5.02 Å². The molecule has 0 N–H and O–H groups in total. The van der Waals surface area contributed by atoms with E-state index in [1.54, 1.807) is 79.7 Å². The second-order valence-electron chi connectivity index (χ2n) is 10.4. The summed E-state index contributed by atoms with van der Waals surface area (Å²) in [6, 6.07) is 21.3. The number of thioether (sulfide) groups is 1. The Morgan fingerprint density at radius 1 is 0.867 bits per heavy atom. The minimum atomic E-state index is -1.35. The molecule has 0 radical (unpaired) electrons. The van der Waals surface area contributed by atoms with Gasteiger partial charge in [-0.15, -0.1) is 11.8 Å². The zero-order valence-corrected chi connectivity index (χ0v) is 26.1. The largest absolute Gasteiger partial charge is 0.463 e. The van der Waals surface area contributed by atoms with Crippen LogP contribution < -0.4 is 0 Å². The lowest BCUT2D eigenvalue weighted by atomic mass is 9.94. The van der Waals surface area contributed by atoms with Gasteiger partial charge in [-0.1, -0.05) is 54.1 Å². The van der Waals surface area contributed by atoms with Crippen LogP contribution in [0.15, 0.2) is 90.5 Å². The second kappa shape index (κ2) is 15.1. The van der Waals surface area contributed by atoms with Crippen LogP contribution in [-0.2, 0) is 34.2 Å². The summed E-state index contributed by atoms with van der Waals surface area (Å²) in [6.45, 7) is 1.54. The highest BCUT2D eigenvalue weighted by atomic mass is 35.5. The smallest absolute Gasteiger partial charge is 0.338 e. The lowest BCUT2D eigenvalue weighted by molar-refractivity contribution is -0.154. The van der Waals surface area contributed by atoms with Crippen molar-refractivity contribution in [1.82, 2.24) is 0 Å². The first kappa shape index (κ1) is 32.7. The van der Waals surface area contributed by atoms with E-state index < -0.39 is 41.7 Å². The number of hydrogen-bond acceptors (Lipinski definition) is 9. The lowest BCUT2D eigenvalue weighted by Crippen LogP contribution is -2.37. The number of benzene rings is 3. The summed E-state index contributed by atoms with van der Waals surface area (Å²) in [5, 5.41) is 0.0204. The molecule has 236 valence electrons. The first-order valence-corrected chi connectivity index (χ1v) is 15.9. The third kappa shape index (κ3) is 8.32. The molecular weight excluding hydrogens is 623 g/mol. The highest BCUT2D eigenvalue weighted by Crippen LogP contribution is 2.43. The quantitative estimate of drug-likeness (QED) is 0.168. The maximum atomic E-state index is 13.6. The molecule has 1 spiro atoms. The maximum Gasteiger partial charge on any atom is 0.338 e. The summed E-state index contributed by atoms with van der Waals surface area (Å²) in [5.74, 6) is -2.93. The van der Waals surface area contributed by atoms with Gasteiger partial charge in [0.2, 0.25) is 0 Å². The zero-order valence-electron chi connectivity index (χ0n) is 24.5. The van der Waals surface area contributed by atoms with Crippen LogP contribution in [0.4, 0.5) is 4.39 Å². The molecule has 0 bridgehead atoms. The summed E-state index contributed by atoms with van der Waals surface area (Å²) in [7, 11) is 0. The molecule has 1 aliphatic heterocycles. The van der Waals surface area contributed by atoms with Gasteiger partial charge in [-0.3, -0.25) is 0 Å². The molecule has 5 rings (SSSR count). The van der Waals surface area contributed by atoms with E-state index >= 15 is 0 Å². The third-order valence-corrected chi connectivity index (χ3v) is 9.06. The molecule has 0 amide bonds. The Morgan fingerprint density at radius 2 is 1.44 bits per heavy atom. The Hall–Kier alpha value is -3.70. The van der Waals surface area contributed by atoms with Gasteiger partial charge >= 0.3 is 17.9 Å². The Morgan fingerprint density at radius 3 is 1.98 bits per heavy atom. The van der Waals surface area contributed by atoms with Crippen LogP contribution in [-0.4, -0.2) is 61.0 Å². The topological polar surface area (TPSA) is 97.4 Å². The minimum absolute atomic E-state index is 0.169. The van der Waals surface area contributed by atoms with E-state index in [1.165, 1.54) is 23.9 Å². The third-order valence-electron chi connectivity index (χ3n) is 7.34. The number of hydrogen-bond donors (Lipinski definition) is 0. The number of ether oxygens (including phenoxy) is 5. The molecule has 0 saturated carbocycles. The number of rotatable bonds is 11. The molecule has 2 aliphatic rings. The van der Waals surface area contributed by atoms with Crippen molar-refractivity contribution in [3.8, 4) is 0 Å². The van der Waals surface area contributed by atoms with Crippen molar-refractivity contribution in [3.63, 3.8) is 0 Å². The van der Waals surface area contributed by atoms with Crippen molar-refractivity contribution in [2.75, 3.05) is 19.8 Å². The normalized spacial score (nSPS) is 20.3. The zero-order chi connectivity index (χ0) is 31.8. The SMILES string of the molecule is CCOC(=O)C1=CC2(CCC1SCc1ccc(F)cc1Cl)O[C@H](COC(=O)c1ccccc1)[C@@H](COC(=O)c1ccccc1)O2. The molecule has 3 aromatic rings. The molecule has 1 aliphatic carbocycles. The van der Waals surface area contributed by atoms with Crippen molar-refractivity contribution in [1.29, 1.82) is 0 Å². The average molecular weight is 655 g/mol. The standard InChI is InChI=1S/C34H32ClFO8S/c1-2-40-33(39)26-18-34(16-15-30(26)45-21-24-13-14-25(36)17-27(24)35)43-28(19-41-31(37)22-9-5-3-6-10-22)29(44-34)20-42-32(38)23-11-7-4-8-12-23/h3-14,17-18,28-30H,2,15-16,19-21H2,1H3/t28-,29-,30?/m1/s1. The van der Waals surface area contributed by atoms with Gasteiger partial charge in [-0.05, 0) is 61.4 Å². The molecule has 1 heterocycles. The van der Waals surface area contributed by atoms with Crippen LogP contribution >= 0.6 is 23.4 Å². The van der Waals surface area contributed by atoms with Gasteiger partial charge in [0.25, 0.3) is 0 Å². The summed E-state index contributed by atoms with van der Waals surface area (Å²) >= 11 is 7.71. The molecule has 11 heteroatoms. The summed E-state index contributed by atoms with van der Waals surface area (Å²) in [4.78, 5) is 38.6. The van der Waals surface area contributed by atoms with Crippen molar-refractivity contribution >= 4 is 41.3 Å². The van der Waals surface area contributed by atoms with E-state index in [0.717, 1.165) is 5.56 Å². The van der Waals surface area contributed by atoms with Crippen LogP contribution in [0.1, 0.15) is 46.0 Å². The molecular formula is C34H32ClFO8S. The number of esters is 3. The molecule has 1 unspecified atom stereocenters. The van der Waals surface area contributed by atoms with Crippen LogP contribution in [0, 0.1) is 5.82 Å². The molecule has 3 atom stereocenters. The first-order chi connectivity index (χ1) is 21.8. The molecule has 1 fully saturated rings. The van der Waals surface area contributed by atoms with Gasteiger partial charge in [0.05, 0.1) is 23.3 Å². The van der Waals surface area contributed by atoms with E-state index in [0.29, 0.717) is 40.3 Å². The fraction of sp³-hybridized carbons (Fsp3) is 0.324. The Balaban J connectivity index is 1.35. The second-order valence-corrected chi connectivity index (χ2v) is 12.0. The predicted molar refractivity (Wildman–Crippen MR) is 166 cm³/mol. The van der Waals surface area contributed by atoms with Gasteiger partial charge < -0.3 is 23.7 Å².